The Balaban J connectivity index is 4.13. The van der Waals surface area contributed by atoms with Crippen LogP contribution in [0.5, 0.6) is 0 Å². The maximum Gasteiger partial charge on any atom is 0.315 e. The van der Waals surface area contributed by atoms with Crippen molar-refractivity contribution in [2.45, 2.75) is 27.2 Å². The number of esters is 2. The molecule has 6 nitrogen and oxygen atoms in total. The lowest BCUT2D eigenvalue weighted by Crippen LogP contribution is -2.40. The van der Waals surface area contributed by atoms with Crippen molar-refractivity contribution in [1.82, 2.24) is 5.32 Å². The molecule has 0 aliphatic carbocycles. The Morgan fingerprint density at radius 2 is 1.82 bits per heavy atom. The number of hydrogen-bond donors (Lipinski definition) is 1. The first-order valence-electron chi connectivity index (χ1n) is 5.34. The van der Waals surface area contributed by atoms with Gasteiger partial charge in [-0.3, -0.25) is 14.4 Å². The summed E-state index contributed by atoms with van der Waals surface area (Å²) in [6, 6.07) is 0. The van der Waals surface area contributed by atoms with Crippen LogP contribution in [-0.4, -0.2) is 38.1 Å². The second kappa shape index (κ2) is 6.88. The van der Waals surface area contributed by atoms with E-state index in [1.165, 1.54) is 7.11 Å². The average molecular weight is 245 g/mol. The van der Waals surface area contributed by atoms with Gasteiger partial charge in [-0.15, -0.1) is 0 Å². The number of hydrogen-bond acceptors (Lipinski definition) is 5. The molecular weight excluding hydrogens is 226 g/mol. The normalized spacial score (nSPS) is 10.6. The van der Waals surface area contributed by atoms with E-state index in [1.807, 2.05) is 0 Å². The molecule has 0 heterocycles. The zero-order chi connectivity index (χ0) is 13.5. The van der Waals surface area contributed by atoms with Crippen molar-refractivity contribution in [3.05, 3.63) is 0 Å². The highest BCUT2D eigenvalue weighted by molar-refractivity contribution is 5.94. The van der Waals surface area contributed by atoms with E-state index in [9.17, 15) is 14.4 Å². The summed E-state index contributed by atoms with van der Waals surface area (Å²) in [6.07, 6.45) is -0.352. The van der Waals surface area contributed by atoms with E-state index in [-0.39, 0.29) is 13.0 Å². The Morgan fingerprint density at radius 3 is 2.29 bits per heavy atom. The number of carbonyl (C=O) groups is 3. The van der Waals surface area contributed by atoms with Gasteiger partial charge in [0.2, 0.25) is 5.91 Å². The van der Waals surface area contributed by atoms with Crippen molar-refractivity contribution in [2.24, 2.45) is 5.41 Å². The topological polar surface area (TPSA) is 81.7 Å². The summed E-state index contributed by atoms with van der Waals surface area (Å²) in [5.41, 5.74) is -0.818. The molecule has 0 atom stereocenters. The van der Waals surface area contributed by atoms with E-state index in [0.29, 0.717) is 6.61 Å². The highest BCUT2D eigenvalue weighted by Crippen LogP contribution is 2.15. The van der Waals surface area contributed by atoms with Crippen LogP contribution in [0.1, 0.15) is 27.2 Å². The van der Waals surface area contributed by atoms with Gasteiger partial charge in [0.1, 0.15) is 6.42 Å². The van der Waals surface area contributed by atoms with Crippen LogP contribution in [0.4, 0.5) is 0 Å². The molecule has 0 saturated heterocycles. The number of nitrogens with one attached hydrogen (secondary N) is 1. The lowest BCUT2D eigenvalue weighted by molar-refractivity contribution is -0.153. The van der Waals surface area contributed by atoms with Crippen molar-refractivity contribution in [3.8, 4) is 0 Å². The Morgan fingerprint density at radius 1 is 1.24 bits per heavy atom. The van der Waals surface area contributed by atoms with Gasteiger partial charge in [0, 0.05) is 6.54 Å². The lowest BCUT2D eigenvalue weighted by Gasteiger charge is -2.22. The predicted molar refractivity (Wildman–Crippen MR) is 60.1 cm³/mol. The molecule has 0 aliphatic rings. The zero-order valence-corrected chi connectivity index (χ0v) is 10.7. The van der Waals surface area contributed by atoms with Crippen LogP contribution in [-0.2, 0) is 23.9 Å². The molecule has 0 unspecified atom stereocenters. The third-order valence-electron chi connectivity index (χ3n) is 2.09. The minimum Gasteiger partial charge on any atom is -0.469 e. The van der Waals surface area contributed by atoms with Crippen LogP contribution >= 0.6 is 0 Å². The number of amides is 1. The van der Waals surface area contributed by atoms with E-state index in [1.54, 1.807) is 20.8 Å². The van der Waals surface area contributed by atoms with Gasteiger partial charge in [-0.05, 0) is 20.8 Å². The summed E-state index contributed by atoms with van der Waals surface area (Å²) in [5.74, 6) is -1.48. The summed E-state index contributed by atoms with van der Waals surface area (Å²) in [5, 5.41) is 2.49. The van der Waals surface area contributed by atoms with Crippen LogP contribution in [0, 0.1) is 5.41 Å². The maximum atomic E-state index is 11.5. The molecule has 0 aromatic heterocycles. The van der Waals surface area contributed by atoms with Crippen LogP contribution in [0.3, 0.4) is 0 Å². The Kier molecular flexibility index (Phi) is 6.23. The SMILES string of the molecule is CCOC(=O)C(C)(C)CNC(=O)CC(=O)OC. The van der Waals surface area contributed by atoms with Crippen LogP contribution in [0.2, 0.25) is 0 Å². The molecule has 0 aliphatic heterocycles. The number of ether oxygens (including phenoxy) is 2. The van der Waals surface area contributed by atoms with Crippen molar-refractivity contribution in [1.29, 1.82) is 0 Å². The fourth-order valence-corrected chi connectivity index (χ4v) is 0.984. The van der Waals surface area contributed by atoms with Gasteiger partial charge in [0.25, 0.3) is 0 Å². The summed E-state index contributed by atoms with van der Waals surface area (Å²) in [7, 11) is 1.21. The lowest BCUT2D eigenvalue weighted by atomic mass is 9.93. The van der Waals surface area contributed by atoms with E-state index in [2.05, 4.69) is 10.1 Å². The van der Waals surface area contributed by atoms with Crippen LogP contribution in [0.15, 0.2) is 0 Å². The molecule has 0 saturated carbocycles. The number of methoxy groups -OCH3 is 1. The quantitative estimate of drug-likeness (QED) is 0.536. The molecule has 0 bridgehead atoms. The van der Waals surface area contributed by atoms with Gasteiger partial charge in [-0.1, -0.05) is 0 Å². The number of rotatable bonds is 6. The van der Waals surface area contributed by atoms with Gasteiger partial charge < -0.3 is 14.8 Å². The van der Waals surface area contributed by atoms with Crippen molar-refractivity contribution in [2.75, 3.05) is 20.3 Å². The number of carbonyl (C=O) groups excluding carboxylic acids is 3. The second-order valence-corrected chi connectivity index (χ2v) is 4.13. The Bertz CT molecular complexity index is 298. The molecule has 0 rings (SSSR count). The fraction of sp³-hybridized carbons (Fsp3) is 0.727. The van der Waals surface area contributed by atoms with Crippen molar-refractivity contribution >= 4 is 17.8 Å². The summed E-state index contributed by atoms with van der Waals surface area (Å²) >= 11 is 0. The van der Waals surface area contributed by atoms with Gasteiger partial charge in [-0.25, -0.2) is 0 Å². The van der Waals surface area contributed by atoms with Gasteiger partial charge in [0.15, 0.2) is 0 Å². The van der Waals surface area contributed by atoms with E-state index >= 15 is 0 Å². The molecular formula is C11H19NO5. The molecule has 0 fully saturated rings. The third kappa shape index (κ3) is 5.89. The monoisotopic (exact) mass is 245 g/mol. The average Bonchev–Trinajstić information content (AvgIpc) is 2.26. The van der Waals surface area contributed by atoms with E-state index in [0.717, 1.165) is 0 Å². The predicted octanol–water partition coefficient (Wildman–Crippen LogP) is 0.255. The second-order valence-electron chi connectivity index (χ2n) is 4.13. The molecule has 1 N–H and O–H groups in total. The molecule has 6 heteroatoms. The first-order valence-corrected chi connectivity index (χ1v) is 5.34. The maximum absolute atomic E-state index is 11.5. The van der Waals surface area contributed by atoms with Gasteiger partial charge in [0.05, 0.1) is 19.1 Å². The Labute approximate surface area is 101 Å². The molecule has 17 heavy (non-hydrogen) atoms. The summed E-state index contributed by atoms with van der Waals surface area (Å²) in [4.78, 5) is 33.6. The largest absolute Gasteiger partial charge is 0.469 e. The van der Waals surface area contributed by atoms with E-state index in [4.69, 9.17) is 4.74 Å². The van der Waals surface area contributed by atoms with Gasteiger partial charge >= 0.3 is 11.9 Å². The molecule has 98 valence electrons. The Hall–Kier alpha value is -1.59. The van der Waals surface area contributed by atoms with Crippen LogP contribution < -0.4 is 5.32 Å². The first-order chi connectivity index (χ1) is 7.83. The highest BCUT2D eigenvalue weighted by Gasteiger charge is 2.29. The molecule has 0 spiro atoms. The zero-order valence-electron chi connectivity index (χ0n) is 10.7. The summed E-state index contributed by atoms with van der Waals surface area (Å²) in [6.45, 7) is 5.43. The van der Waals surface area contributed by atoms with Crippen molar-refractivity contribution in [3.63, 3.8) is 0 Å². The highest BCUT2D eigenvalue weighted by atomic mass is 16.5. The minimum atomic E-state index is -0.818. The first kappa shape index (κ1) is 15.4. The smallest absolute Gasteiger partial charge is 0.315 e. The fourth-order valence-electron chi connectivity index (χ4n) is 0.984. The molecule has 0 aromatic carbocycles. The van der Waals surface area contributed by atoms with Gasteiger partial charge in [-0.2, -0.15) is 0 Å². The minimum absolute atomic E-state index is 0.113. The van der Waals surface area contributed by atoms with E-state index < -0.39 is 23.3 Å². The molecule has 0 radical (unpaired) electrons. The third-order valence-corrected chi connectivity index (χ3v) is 2.09. The molecule has 0 aromatic rings. The molecule has 1 amide bonds. The standard InChI is InChI=1S/C11H19NO5/c1-5-17-10(15)11(2,3)7-12-8(13)6-9(14)16-4/h5-7H2,1-4H3,(H,12,13). The van der Waals surface area contributed by atoms with Crippen LogP contribution in [0.25, 0.3) is 0 Å². The summed E-state index contributed by atoms with van der Waals surface area (Å²) < 4.78 is 9.21. The van der Waals surface area contributed by atoms with Crippen molar-refractivity contribution < 1.29 is 23.9 Å².